The van der Waals surface area contributed by atoms with E-state index < -0.39 is 0 Å². The lowest BCUT2D eigenvalue weighted by Crippen LogP contribution is -1.96. The molecule has 0 fully saturated rings. The quantitative estimate of drug-likeness (QED) is 0.829. The SMILES string of the molecule is Nc1cc(Cl)nc(Nc2ccccc2Br)c1. The number of nitrogen functional groups attached to an aromatic ring is 1. The number of halogens is 2. The molecule has 0 aliphatic carbocycles. The molecule has 0 spiro atoms. The Morgan fingerprint density at radius 3 is 2.69 bits per heavy atom. The predicted molar refractivity (Wildman–Crippen MR) is 71.1 cm³/mol. The molecule has 0 atom stereocenters. The first kappa shape index (κ1) is 11.2. The molecule has 0 saturated carbocycles. The van der Waals surface area contributed by atoms with E-state index in [1.165, 1.54) is 0 Å². The summed E-state index contributed by atoms with van der Waals surface area (Å²) in [5.74, 6) is 0.622. The molecule has 0 radical (unpaired) electrons. The molecule has 0 unspecified atom stereocenters. The highest BCUT2D eigenvalue weighted by Crippen LogP contribution is 2.26. The van der Waals surface area contributed by atoms with Crippen LogP contribution in [0.5, 0.6) is 0 Å². The molecule has 5 heteroatoms. The number of para-hydroxylation sites is 1. The van der Waals surface area contributed by atoms with Crippen molar-refractivity contribution in [3.8, 4) is 0 Å². The molecule has 1 heterocycles. The van der Waals surface area contributed by atoms with Crippen LogP contribution in [0.4, 0.5) is 17.2 Å². The Balaban J connectivity index is 2.30. The van der Waals surface area contributed by atoms with Gasteiger partial charge in [0.1, 0.15) is 11.0 Å². The molecular weight excluding hydrogens is 289 g/mol. The number of aromatic nitrogens is 1. The minimum Gasteiger partial charge on any atom is -0.399 e. The predicted octanol–water partition coefficient (Wildman–Crippen LogP) is 3.82. The largest absolute Gasteiger partial charge is 0.399 e. The molecule has 0 saturated heterocycles. The number of pyridine rings is 1. The van der Waals surface area contributed by atoms with Crippen molar-refractivity contribution >= 4 is 44.7 Å². The van der Waals surface area contributed by atoms with Crippen molar-refractivity contribution in [1.29, 1.82) is 0 Å². The van der Waals surface area contributed by atoms with Gasteiger partial charge in [-0.2, -0.15) is 0 Å². The number of benzene rings is 1. The summed E-state index contributed by atoms with van der Waals surface area (Å²) in [5, 5.41) is 3.50. The summed E-state index contributed by atoms with van der Waals surface area (Å²) in [6.07, 6.45) is 0. The Kier molecular flexibility index (Phi) is 3.31. The number of anilines is 3. The monoisotopic (exact) mass is 297 g/mol. The van der Waals surface area contributed by atoms with Crippen LogP contribution in [0.25, 0.3) is 0 Å². The molecule has 0 aliphatic rings. The first-order chi connectivity index (χ1) is 7.65. The minimum absolute atomic E-state index is 0.370. The molecule has 2 aromatic rings. The fourth-order valence-electron chi connectivity index (χ4n) is 1.28. The summed E-state index contributed by atoms with van der Waals surface area (Å²) < 4.78 is 0.954. The Morgan fingerprint density at radius 2 is 2.00 bits per heavy atom. The number of nitrogens with zero attached hydrogens (tertiary/aromatic N) is 1. The van der Waals surface area contributed by atoms with Crippen molar-refractivity contribution in [2.75, 3.05) is 11.1 Å². The lowest BCUT2D eigenvalue weighted by Gasteiger charge is -2.08. The van der Waals surface area contributed by atoms with Gasteiger partial charge in [-0.15, -0.1) is 0 Å². The smallest absolute Gasteiger partial charge is 0.134 e. The third-order valence-corrected chi connectivity index (χ3v) is 2.84. The highest BCUT2D eigenvalue weighted by Gasteiger charge is 2.02. The maximum atomic E-state index is 5.81. The summed E-state index contributed by atoms with van der Waals surface area (Å²) in [6.45, 7) is 0. The van der Waals surface area contributed by atoms with Gasteiger partial charge in [0, 0.05) is 16.2 Å². The third kappa shape index (κ3) is 2.65. The van der Waals surface area contributed by atoms with Gasteiger partial charge in [0.15, 0.2) is 0 Å². The van der Waals surface area contributed by atoms with Crippen LogP contribution in [0.3, 0.4) is 0 Å². The van der Waals surface area contributed by atoms with E-state index in [2.05, 4.69) is 26.2 Å². The van der Waals surface area contributed by atoms with Crippen LogP contribution < -0.4 is 11.1 Å². The van der Waals surface area contributed by atoms with Crippen LogP contribution in [-0.4, -0.2) is 4.98 Å². The van der Waals surface area contributed by atoms with Crippen LogP contribution in [0.1, 0.15) is 0 Å². The molecule has 3 nitrogen and oxygen atoms in total. The molecule has 16 heavy (non-hydrogen) atoms. The molecule has 0 bridgehead atoms. The van der Waals surface area contributed by atoms with Gasteiger partial charge in [-0.1, -0.05) is 23.7 Å². The third-order valence-electron chi connectivity index (χ3n) is 1.95. The van der Waals surface area contributed by atoms with Crippen molar-refractivity contribution in [1.82, 2.24) is 4.98 Å². The summed E-state index contributed by atoms with van der Waals surface area (Å²) >= 11 is 9.25. The summed E-state index contributed by atoms with van der Waals surface area (Å²) in [6, 6.07) is 11.1. The average molecular weight is 299 g/mol. The molecule has 82 valence electrons. The minimum atomic E-state index is 0.370. The number of nitrogens with one attached hydrogen (secondary N) is 1. The molecule has 0 amide bonds. The van der Waals surface area contributed by atoms with Crippen molar-refractivity contribution < 1.29 is 0 Å². The van der Waals surface area contributed by atoms with E-state index in [1.54, 1.807) is 12.1 Å². The molecular formula is C11H9BrClN3. The van der Waals surface area contributed by atoms with E-state index in [0.717, 1.165) is 10.2 Å². The Hall–Kier alpha value is -1.26. The van der Waals surface area contributed by atoms with Gasteiger partial charge in [-0.05, 0) is 34.1 Å². The summed E-state index contributed by atoms with van der Waals surface area (Å²) in [4.78, 5) is 4.12. The lowest BCUT2D eigenvalue weighted by molar-refractivity contribution is 1.31. The Bertz CT molecular complexity index is 496. The molecule has 1 aromatic carbocycles. The average Bonchev–Trinajstić information content (AvgIpc) is 2.20. The van der Waals surface area contributed by atoms with E-state index in [-0.39, 0.29) is 0 Å². The number of hydrogen-bond donors (Lipinski definition) is 2. The number of rotatable bonds is 2. The number of hydrogen-bond acceptors (Lipinski definition) is 3. The molecule has 3 N–H and O–H groups in total. The van der Waals surface area contributed by atoms with Crippen LogP contribution in [0.2, 0.25) is 5.15 Å². The lowest BCUT2D eigenvalue weighted by atomic mass is 10.3. The van der Waals surface area contributed by atoms with Gasteiger partial charge in [0.25, 0.3) is 0 Å². The van der Waals surface area contributed by atoms with Gasteiger partial charge in [0.2, 0.25) is 0 Å². The van der Waals surface area contributed by atoms with Gasteiger partial charge >= 0.3 is 0 Å². The first-order valence-electron chi connectivity index (χ1n) is 4.60. The number of nitrogens with two attached hydrogens (primary N) is 1. The molecule has 1 aromatic heterocycles. The van der Waals surface area contributed by atoms with Crippen LogP contribution >= 0.6 is 27.5 Å². The Morgan fingerprint density at radius 1 is 1.25 bits per heavy atom. The Labute approximate surface area is 107 Å². The molecule has 0 aliphatic heterocycles. The van der Waals surface area contributed by atoms with Gasteiger partial charge in [-0.3, -0.25) is 0 Å². The summed E-state index contributed by atoms with van der Waals surface area (Å²) in [5.41, 5.74) is 7.17. The van der Waals surface area contributed by atoms with E-state index in [0.29, 0.717) is 16.7 Å². The van der Waals surface area contributed by atoms with E-state index >= 15 is 0 Å². The second-order valence-electron chi connectivity index (χ2n) is 3.21. The fourth-order valence-corrected chi connectivity index (χ4v) is 1.88. The first-order valence-corrected chi connectivity index (χ1v) is 5.77. The topological polar surface area (TPSA) is 50.9 Å². The standard InChI is InChI=1S/C11H9BrClN3/c12-8-3-1-2-4-9(8)15-11-6-7(14)5-10(13)16-11/h1-6H,(H3,14,15,16). The molecule has 2 rings (SSSR count). The maximum absolute atomic E-state index is 5.81. The highest BCUT2D eigenvalue weighted by molar-refractivity contribution is 9.10. The van der Waals surface area contributed by atoms with Crippen LogP contribution in [-0.2, 0) is 0 Å². The van der Waals surface area contributed by atoms with Crippen molar-refractivity contribution in [2.24, 2.45) is 0 Å². The van der Waals surface area contributed by atoms with E-state index in [9.17, 15) is 0 Å². The van der Waals surface area contributed by atoms with E-state index in [4.69, 9.17) is 17.3 Å². The van der Waals surface area contributed by atoms with Crippen molar-refractivity contribution in [3.63, 3.8) is 0 Å². The van der Waals surface area contributed by atoms with Gasteiger partial charge < -0.3 is 11.1 Å². The zero-order valence-corrected chi connectivity index (χ0v) is 10.6. The second kappa shape index (κ2) is 4.72. The zero-order valence-electron chi connectivity index (χ0n) is 8.24. The van der Waals surface area contributed by atoms with E-state index in [1.807, 2.05) is 24.3 Å². The van der Waals surface area contributed by atoms with Gasteiger partial charge in [0.05, 0.1) is 5.69 Å². The van der Waals surface area contributed by atoms with Crippen LogP contribution in [0.15, 0.2) is 40.9 Å². The van der Waals surface area contributed by atoms with Crippen LogP contribution in [0, 0.1) is 0 Å². The zero-order chi connectivity index (χ0) is 11.5. The highest BCUT2D eigenvalue weighted by atomic mass is 79.9. The van der Waals surface area contributed by atoms with Crippen molar-refractivity contribution in [2.45, 2.75) is 0 Å². The maximum Gasteiger partial charge on any atom is 0.134 e. The summed E-state index contributed by atoms with van der Waals surface area (Å²) in [7, 11) is 0. The second-order valence-corrected chi connectivity index (χ2v) is 4.45. The fraction of sp³-hybridized carbons (Fsp3) is 0. The normalized spacial score (nSPS) is 10.1. The van der Waals surface area contributed by atoms with Crippen molar-refractivity contribution in [3.05, 3.63) is 46.0 Å². The van der Waals surface area contributed by atoms with Gasteiger partial charge in [-0.25, -0.2) is 4.98 Å².